The summed E-state index contributed by atoms with van der Waals surface area (Å²) in [7, 11) is 0. The van der Waals surface area contributed by atoms with E-state index in [2.05, 4.69) is 44.8 Å². The van der Waals surface area contributed by atoms with Crippen LogP contribution in [-0.2, 0) is 6.54 Å². The van der Waals surface area contributed by atoms with Crippen LogP contribution in [0.1, 0.15) is 27.4 Å². The smallest absolute Gasteiger partial charge is 0.275 e. The molecule has 0 radical (unpaired) electrons. The third kappa shape index (κ3) is 3.48. The lowest BCUT2D eigenvalue weighted by Gasteiger charge is -2.34. The number of pyridine rings is 1. The lowest BCUT2D eigenvalue weighted by Crippen LogP contribution is -2.48. The van der Waals surface area contributed by atoms with Crippen LogP contribution in [0.25, 0.3) is 16.4 Å². The van der Waals surface area contributed by atoms with Crippen molar-refractivity contribution >= 4 is 22.3 Å². The average Bonchev–Trinajstić information content (AvgIpc) is 3.08. The number of carbonyl (C=O) groups is 1. The van der Waals surface area contributed by atoms with Crippen LogP contribution >= 0.6 is 0 Å². The molecule has 1 N–H and O–H groups in total. The number of benzene rings is 1. The molecular weight excluding hydrogens is 392 g/mol. The maximum atomic E-state index is 13.1. The molecule has 0 spiro atoms. The number of fused-ring (bicyclic) bond motifs is 2. The molecule has 8 nitrogen and oxygen atoms in total. The molecule has 8 heteroatoms. The third-order valence-electron chi connectivity index (χ3n) is 6.01. The number of H-pyrrole nitrogens is 1. The first-order valence-electron chi connectivity index (χ1n) is 10.4. The zero-order chi connectivity index (χ0) is 21.5. The maximum Gasteiger partial charge on any atom is 0.275 e. The van der Waals surface area contributed by atoms with E-state index < -0.39 is 0 Å². The number of amides is 1. The minimum atomic E-state index is -0.282. The van der Waals surface area contributed by atoms with E-state index in [9.17, 15) is 9.59 Å². The summed E-state index contributed by atoms with van der Waals surface area (Å²) in [6, 6.07) is 11.3. The molecule has 1 amide bonds. The van der Waals surface area contributed by atoms with Crippen molar-refractivity contribution in [3.05, 3.63) is 75.6 Å². The van der Waals surface area contributed by atoms with E-state index in [4.69, 9.17) is 4.98 Å². The second-order valence-electron chi connectivity index (χ2n) is 8.09. The van der Waals surface area contributed by atoms with Gasteiger partial charge in [-0.3, -0.25) is 14.5 Å². The van der Waals surface area contributed by atoms with Crippen LogP contribution in [0.3, 0.4) is 0 Å². The van der Waals surface area contributed by atoms with E-state index in [0.717, 1.165) is 31.0 Å². The number of rotatable bonds is 3. The SMILES string of the molecule is Cc1ccn2c(CN3CCN(C(=O)c4n[nH]c(=O)c5ccccc45)CC3)c(C)nc2c1. The van der Waals surface area contributed by atoms with Gasteiger partial charge in [0.1, 0.15) is 5.65 Å². The highest BCUT2D eigenvalue weighted by molar-refractivity contribution is 6.04. The highest BCUT2D eigenvalue weighted by atomic mass is 16.2. The van der Waals surface area contributed by atoms with Crippen LogP contribution in [0.15, 0.2) is 47.4 Å². The predicted molar refractivity (Wildman–Crippen MR) is 118 cm³/mol. The number of imidazole rings is 1. The fraction of sp³-hybridized carbons (Fsp3) is 0.304. The van der Waals surface area contributed by atoms with E-state index in [1.54, 1.807) is 18.2 Å². The summed E-state index contributed by atoms with van der Waals surface area (Å²) < 4.78 is 2.15. The molecule has 0 saturated carbocycles. The second-order valence-corrected chi connectivity index (χ2v) is 8.09. The average molecular weight is 416 g/mol. The molecule has 1 aliphatic rings. The molecule has 4 heterocycles. The Kier molecular flexibility index (Phi) is 4.78. The summed E-state index contributed by atoms with van der Waals surface area (Å²) >= 11 is 0. The molecule has 0 bridgehead atoms. The summed E-state index contributed by atoms with van der Waals surface area (Å²) in [5.41, 5.74) is 4.40. The molecule has 0 aliphatic carbocycles. The topological polar surface area (TPSA) is 86.6 Å². The lowest BCUT2D eigenvalue weighted by molar-refractivity contribution is 0.0621. The summed E-state index contributed by atoms with van der Waals surface area (Å²) in [5.74, 6) is -0.145. The van der Waals surface area contributed by atoms with Crippen molar-refractivity contribution in [3.8, 4) is 0 Å². The molecular formula is C23H24N6O2. The molecule has 4 aromatic rings. The van der Waals surface area contributed by atoms with Gasteiger partial charge >= 0.3 is 0 Å². The number of aromatic nitrogens is 4. The fourth-order valence-corrected chi connectivity index (χ4v) is 4.25. The number of aryl methyl sites for hydroxylation is 2. The van der Waals surface area contributed by atoms with Gasteiger partial charge in [-0.2, -0.15) is 5.10 Å². The predicted octanol–water partition coefficient (Wildman–Crippen LogP) is 2.15. The highest BCUT2D eigenvalue weighted by Crippen LogP contribution is 2.19. The first kappa shape index (κ1) is 19.4. The molecule has 1 aliphatic heterocycles. The number of nitrogens with zero attached hydrogens (tertiary/aromatic N) is 5. The summed E-state index contributed by atoms with van der Waals surface area (Å²) in [5, 5.41) is 7.59. The van der Waals surface area contributed by atoms with E-state index in [0.29, 0.717) is 29.6 Å². The third-order valence-corrected chi connectivity index (χ3v) is 6.01. The molecule has 0 unspecified atom stereocenters. The van der Waals surface area contributed by atoms with Crippen LogP contribution < -0.4 is 5.56 Å². The first-order valence-corrected chi connectivity index (χ1v) is 10.4. The normalized spacial score (nSPS) is 15.1. The molecule has 0 atom stereocenters. The van der Waals surface area contributed by atoms with Crippen molar-refractivity contribution in [1.29, 1.82) is 0 Å². The summed E-state index contributed by atoms with van der Waals surface area (Å²) in [6.07, 6.45) is 2.08. The van der Waals surface area contributed by atoms with E-state index in [1.807, 2.05) is 17.9 Å². The summed E-state index contributed by atoms with van der Waals surface area (Å²) in [4.78, 5) is 34.0. The van der Waals surface area contributed by atoms with Gasteiger partial charge in [-0.05, 0) is 37.6 Å². The molecule has 158 valence electrons. The van der Waals surface area contributed by atoms with E-state index in [-0.39, 0.29) is 11.5 Å². The van der Waals surface area contributed by atoms with Crippen LogP contribution in [0, 0.1) is 13.8 Å². The Morgan fingerprint density at radius 3 is 2.58 bits per heavy atom. The number of hydrogen-bond acceptors (Lipinski definition) is 5. The lowest BCUT2D eigenvalue weighted by atomic mass is 10.1. The largest absolute Gasteiger partial charge is 0.335 e. The summed E-state index contributed by atoms with van der Waals surface area (Å²) in [6.45, 7) is 7.67. The van der Waals surface area contributed by atoms with Gasteiger partial charge in [0.15, 0.2) is 5.69 Å². The zero-order valence-corrected chi connectivity index (χ0v) is 17.6. The minimum absolute atomic E-state index is 0.145. The van der Waals surface area contributed by atoms with Crippen molar-refractivity contribution < 1.29 is 4.79 Å². The number of aromatic amines is 1. The van der Waals surface area contributed by atoms with E-state index >= 15 is 0 Å². The number of piperazine rings is 1. The van der Waals surface area contributed by atoms with Crippen LogP contribution in [0.5, 0.6) is 0 Å². The zero-order valence-electron chi connectivity index (χ0n) is 17.6. The van der Waals surface area contributed by atoms with Crippen molar-refractivity contribution in [2.45, 2.75) is 20.4 Å². The maximum absolute atomic E-state index is 13.1. The first-order chi connectivity index (χ1) is 15.0. The van der Waals surface area contributed by atoms with Crippen molar-refractivity contribution in [3.63, 3.8) is 0 Å². The second kappa shape index (κ2) is 7.63. The van der Waals surface area contributed by atoms with Crippen molar-refractivity contribution in [2.75, 3.05) is 26.2 Å². The van der Waals surface area contributed by atoms with Gasteiger partial charge in [0.25, 0.3) is 11.5 Å². The number of nitrogens with one attached hydrogen (secondary N) is 1. The Morgan fingerprint density at radius 2 is 1.81 bits per heavy atom. The van der Waals surface area contributed by atoms with Crippen LogP contribution in [0.2, 0.25) is 0 Å². The Hall–Kier alpha value is -3.52. The quantitative estimate of drug-likeness (QED) is 0.553. The number of carbonyl (C=O) groups excluding carboxylic acids is 1. The van der Waals surface area contributed by atoms with Gasteiger partial charge in [0.2, 0.25) is 0 Å². The van der Waals surface area contributed by atoms with Gasteiger partial charge in [0.05, 0.1) is 16.8 Å². The molecule has 5 rings (SSSR count). The Bertz CT molecular complexity index is 1350. The molecule has 31 heavy (non-hydrogen) atoms. The van der Waals surface area contributed by atoms with Gasteiger partial charge in [-0.1, -0.05) is 18.2 Å². The highest BCUT2D eigenvalue weighted by Gasteiger charge is 2.26. The Morgan fingerprint density at radius 1 is 1.06 bits per heavy atom. The van der Waals surface area contributed by atoms with Gasteiger partial charge in [-0.25, -0.2) is 10.1 Å². The Labute approximate surface area is 179 Å². The van der Waals surface area contributed by atoms with Crippen molar-refractivity contribution in [2.24, 2.45) is 0 Å². The minimum Gasteiger partial charge on any atom is -0.335 e. The Balaban J connectivity index is 1.31. The number of hydrogen-bond donors (Lipinski definition) is 1. The van der Waals surface area contributed by atoms with Crippen LogP contribution in [-0.4, -0.2) is 61.5 Å². The van der Waals surface area contributed by atoms with Crippen LogP contribution in [0.4, 0.5) is 0 Å². The van der Waals surface area contributed by atoms with Crippen molar-refractivity contribution in [1.82, 2.24) is 29.4 Å². The molecule has 1 fully saturated rings. The van der Waals surface area contributed by atoms with E-state index in [1.165, 1.54) is 11.3 Å². The monoisotopic (exact) mass is 416 g/mol. The van der Waals surface area contributed by atoms with Gasteiger partial charge < -0.3 is 9.30 Å². The van der Waals surface area contributed by atoms with Gasteiger partial charge in [-0.15, -0.1) is 0 Å². The molecule has 1 aromatic carbocycles. The standard InChI is InChI=1S/C23H24N6O2/c1-15-7-8-29-19(16(2)24-20(29)13-15)14-27-9-11-28(12-10-27)23(31)21-17-5-3-4-6-18(17)22(30)26-25-21/h3-8,13H,9-12,14H2,1-2H3,(H,26,30). The fourth-order valence-electron chi connectivity index (χ4n) is 4.25. The molecule has 3 aromatic heterocycles. The molecule has 1 saturated heterocycles. The van der Waals surface area contributed by atoms with Gasteiger partial charge in [0, 0.05) is 44.3 Å².